The van der Waals surface area contributed by atoms with E-state index in [9.17, 15) is 20.2 Å². The summed E-state index contributed by atoms with van der Waals surface area (Å²) in [6, 6.07) is 13.6. The summed E-state index contributed by atoms with van der Waals surface area (Å²) in [7, 11) is 0. The number of nitro benzene ring substituents is 1. The number of rotatable bonds is 7. The van der Waals surface area contributed by atoms with Crippen LogP contribution in [0, 0.1) is 34.1 Å². The standard InChI is InChI=1S/C18H17N5O4S/c1-12-5-3-7-15(9-12)22-13(2)19-20-18(22)28-17(11-21(24)25)14-6-4-8-16(10-14)23(26)27/h3-10,17H,11H2,1-2H3/t17-/m0/s1. The smallest absolute Gasteiger partial charge is 0.269 e. The first-order valence-electron chi connectivity index (χ1n) is 8.37. The molecule has 0 fully saturated rings. The maximum atomic E-state index is 11.2. The highest BCUT2D eigenvalue weighted by atomic mass is 32.2. The topological polar surface area (TPSA) is 117 Å². The van der Waals surface area contributed by atoms with Crippen molar-refractivity contribution in [3.63, 3.8) is 0 Å². The van der Waals surface area contributed by atoms with Crippen LogP contribution in [0.25, 0.3) is 5.69 Å². The molecular formula is C18H17N5O4S. The molecule has 0 unspecified atom stereocenters. The summed E-state index contributed by atoms with van der Waals surface area (Å²) >= 11 is 1.16. The van der Waals surface area contributed by atoms with Gasteiger partial charge in [0.05, 0.1) is 4.92 Å². The second-order valence-electron chi connectivity index (χ2n) is 6.18. The molecule has 0 saturated heterocycles. The molecule has 0 bridgehead atoms. The molecule has 1 heterocycles. The molecule has 3 rings (SSSR count). The summed E-state index contributed by atoms with van der Waals surface area (Å²) < 4.78 is 1.82. The predicted octanol–water partition coefficient (Wildman–Crippen LogP) is 3.90. The Labute approximate surface area is 164 Å². The van der Waals surface area contributed by atoms with E-state index in [-0.39, 0.29) is 5.69 Å². The van der Waals surface area contributed by atoms with Crippen LogP contribution >= 0.6 is 11.8 Å². The van der Waals surface area contributed by atoms with Gasteiger partial charge in [0, 0.05) is 22.7 Å². The minimum absolute atomic E-state index is 0.109. The van der Waals surface area contributed by atoms with Crippen molar-refractivity contribution >= 4 is 17.4 Å². The summed E-state index contributed by atoms with van der Waals surface area (Å²) in [4.78, 5) is 21.3. The summed E-state index contributed by atoms with van der Waals surface area (Å²) in [5.74, 6) is 0.645. The minimum atomic E-state index is -0.651. The molecule has 1 atom stereocenters. The van der Waals surface area contributed by atoms with Crippen LogP contribution in [0.5, 0.6) is 0 Å². The number of aromatic nitrogens is 3. The van der Waals surface area contributed by atoms with Gasteiger partial charge in [-0.15, -0.1) is 10.2 Å². The Morgan fingerprint density at radius 2 is 1.82 bits per heavy atom. The fourth-order valence-corrected chi connectivity index (χ4v) is 3.96. The number of non-ortho nitro benzene ring substituents is 1. The molecule has 0 aliphatic heterocycles. The number of hydrogen-bond donors (Lipinski definition) is 0. The van der Waals surface area contributed by atoms with Crippen molar-refractivity contribution in [1.29, 1.82) is 0 Å². The van der Waals surface area contributed by atoms with E-state index in [0.29, 0.717) is 16.5 Å². The molecule has 3 aromatic rings. The highest BCUT2D eigenvalue weighted by molar-refractivity contribution is 7.99. The van der Waals surface area contributed by atoms with Crippen LogP contribution in [0.3, 0.4) is 0 Å². The molecule has 0 spiro atoms. The average Bonchev–Trinajstić information content (AvgIpc) is 3.01. The largest absolute Gasteiger partial charge is 0.274 e. The number of thioether (sulfide) groups is 1. The van der Waals surface area contributed by atoms with E-state index in [4.69, 9.17) is 0 Å². The number of nitrogens with zero attached hydrogens (tertiary/aromatic N) is 5. The van der Waals surface area contributed by atoms with Crippen molar-refractivity contribution in [3.05, 3.63) is 85.7 Å². The second-order valence-corrected chi connectivity index (χ2v) is 7.35. The van der Waals surface area contributed by atoms with Gasteiger partial charge in [0.25, 0.3) is 5.69 Å². The van der Waals surface area contributed by atoms with Gasteiger partial charge in [-0.05, 0) is 37.1 Å². The lowest BCUT2D eigenvalue weighted by atomic mass is 10.1. The molecule has 2 aromatic carbocycles. The number of nitro groups is 2. The Balaban J connectivity index is 2.00. The maximum Gasteiger partial charge on any atom is 0.269 e. The van der Waals surface area contributed by atoms with E-state index < -0.39 is 21.6 Å². The van der Waals surface area contributed by atoms with Crippen molar-refractivity contribution < 1.29 is 9.85 Å². The van der Waals surface area contributed by atoms with Gasteiger partial charge in [0.1, 0.15) is 11.1 Å². The number of aryl methyl sites for hydroxylation is 2. The second kappa shape index (κ2) is 8.17. The Morgan fingerprint density at radius 1 is 1.07 bits per heavy atom. The number of hydrogen-bond acceptors (Lipinski definition) is 7. The van der Waals surface area contributed by atoms with E-state index in [1.54, 1.807) is 13.0 Å². The van der Waals surface area contributed by atoms with Gasteiger partial charge < -0.3 is 0 Å². The Hall–Kier alpha value is -3.27. The van der Waals surface area contributed by atoms with Crippen molar-refractivity contribution in [3.8, 4) is 5.69 Å². The summed E-state index contributed by atoms with van der Waals surface area (Å²) in [6.45, 7) is 3.37. The van der Waals surface area contributed by atoms with Crippen LogP contribution in [-0.2, 0) is 0 Å². The van der Waals surface area contributed by atoms with Crippen molar-refractivity contribution in [2.24, 2.45) is 0 Å². The molecule has 10 heteroatoms. The highest BCUT2D eigenvalue weighted by Crippen LogP contribution is 2.37. The average molecular weight is 399 g/mol. The van der Waals surface area contributed by atoms with Gasteiger partial charge in [-0.25, -0.2) is 0 Å². The molecule has 9 nitrogen and oxygen atoms in total. The van der Waals surface area contributed by atoms with Crippen LogP contribution in [0.4, 0.5) is 5.69 Å². The van der Waals surface area contributed by atoms with Crippen LogP contribution in [-0.4, -0.2) is 31.2 Å². The SMILES string of the molecule is Cc1cccc(-n2c(C)nnc2S[C@@H](C[N+](=O)[O-])c2cccc([N+](=O)[O-])c2)c1. The fraction of sp³-hybridized carbons (Fsp3) is 0.222. The van der Waals surface area contributed by atoms with Gasteiger partial charge in [0.15, 0.2) is 5.16 Å². The van der Waals surface area contributed by atoms with Crippen LogP contribution in [0.2, 0.25) is 0 Å². The zero-order valence-electron chi connectivity index (χ0n) is 15.2. The Kier molecular flexibility index (Phi) is 5.69. The lowest BCUT2D eigenvalue weighted by molar-refractivity contribution is -0.479. The molecule has 0 radical (unpaired) electrons. The van der Waals surface area contributed by atoms with E-state index in [0.717, 1.165) is 23.0 Å². The first-order chi connectivity index (χ1) is 13.3. The molecule has 144 valence electrons. The number of benzene rings is 2. The third-order valence-electron chi connectivity index (χ3n) is 4.07. The quantitative estimate of drug-likeness (QED) is 0.336. The summed E-state index contributed by atoms with van der Waals surface area (Å²) in [5, 5.41) is 30.4. The van der Waals surface area contributed by atoms with Gasteiger partial charge in [-0.3, -0.25) is 24.8 Å². The van der Waals surface area contributed by atoms with Gasteiger partial charge in [-0.1, -0.05) is 36.0 Å². The van der Waals surface area contributed by atoms with Crippen molar-refractivity contribution in [2.45, 2.75) is 24.3 Å². The van der Waals surface area contributed by atoms with Crippen LogP contribution in [0.1, 0.15) is 22.2 Å². The first kappa shape index (κ1) is 19.5. The van der Waals surface area contributed by atoms with E-state index >= 15 is 0 Å². The van der Waals surface area contributed by atoms with Crippen LogP contribution in [0.15, 0.2) is 53.7 Å². The predicted molar refractivity (Wildman–Crippen MR) is 104 cm³/mol. The van der Waals surface area contributed by atoms with Gasteiger partial charge in [-0.2, -0.15) is 0 Å². The van der Waals surface area contributed by atoms with Crippen molar-refractivity contribution in [2.75, 3.05) is 6.54 Å². The lowest BCUT2D eigenvalue weighted by Crippen LogP contribution is -2.11. The van der Waals surface area contributed by atoms with E-state index in [1.165, 1.54) is 18.2 Å². The molecule has 28 heavy (non-hydrogen) atoms. The molecule has 1 aromatic heterocycles. The minimum Gasteiger partial charge on any atom is -0.274 e. The summed E-state index contributed by atoms with van der Waals surface area (Å²) in [6.07, 6.45) is 0. The van der Waals surface area contributed by atoms with E-state index in [1.807, 2.05) is 35.8 Å². The maximum absolute atomic E-state index is 11.2. The molecular weight excluding hydrogens is 382 g/mol. The fourth-order valence-electron chi connectivity index (χ4n) is 2.80. The van der Waals surface area contributed by atoms with Crippen LogP contribution < -0.4 is 0 Å². The van der Waals surface area contributed by atoms with Gasteiger partial charge >= 0.3 is 0 Å². The van der Waals surface area contributed by atoms with E-state index in [2.05, 4.69) is 10.2 Å². The first-order valence-corrected chi connectivity index (χ1v) is 9.25. The monoisotopic (exact) mass is 399 g/mol. The zero-order valence-corrected chi connectivity index (χ0v) is 16.0. The lowest BCUT2D eigenvalue weighted by Gasteiger charge is -2.14. The molecule has 0 aliphatic carbocycles. The summed E-state index contributed by atoms with van der Waals surface area (Å²) in [5.41, 5.74) is 2.29. The molecule has 0 N–H and O–H groups in total. The van der Waals surface area contributed by atoms with Gasteiger partial charge in [0.2, 0.25) is 6.54 Å². The molecule has 0 saturated carbocycles. The zero-order chi connectivity index (χ0) is 20.3. The Morgan fingerprint density at radius 3 is 2.50 bits per heavy atom. The van der Waals surface area contributed by atoms with Crippen molar-refractivity contribution in [1.82, 2.24) is 14.8 Å². The third kappa shape index (κ3) is 4.34. The third-order valence-corrected chi connectivity index (χ3v) is 5.25. The Bertz CT molecular complexity index is 1040. The highest BCUT2D eigenvalue weighted by Gasteiger charge is 2.25. The molecule has 0 aliphatic rings. The normalized spacial score (nSPS) is 11.9. The molecule has 0 amide bonds.